The van der Waals surface area contributed by atoms with Gasteiger partial charge in [-0.2, -0.15) is 0 Å². The quantitative estimate of drug-likeness (QED) is 0.711. The van der Waals surface area contributed by atoms with E-state index in [-0.39, 0.29) is 11.8 Å². The first-order chi connectivity index (χ1) is 8.49. The number of nitrogen functional groups attached to an aromatic ring is 1. The topological polar surface area (TPSA) is 99.0 Å². The molecule has 0 radical (unpaired) electrons. The number of hydrogen-bond acceptors (Lipinski definition) is 3. The van der Waals surface area contributed by atoms with Crippen LogP contribution in [0.4, 0.5) is 15.1 Å². The highest BCUT2D eigenvalue weighted by Gasteiger charge is 2.11. The molecule has 0 saturated carbocycles. The molecule has 6 nitrogen and oxygen atoms in total. The highest BCUT2D eigenvalue weighted by molar-refractivity contribution is 14.1. The molecule has 0 saturated heterocycles. The fourth-order valence-electron chi connectivity index (χ4n) is 1.66. The zero-order valence-electron chi connectivity index (χ0n) is 9.28. The van der Waals surface area contributed by atoms with Gasteiger partial charge in [-0.3, -0.25) is 0 Å². The van der Waals surface area contributed by atoms with Gasteiger partial charge in [-0.1, -0.05) is 0 Å². The lowest BCUT2D eigenvalue weighted by Gasteiger charge is -2.06. The molecule has 2 rings (SSSR count). The molecule has 5 N–H and O–H groups in total. The van der Waals surface area contributed by atoms with Crippen molar-refractivity contribution in [3.05, 3.63) is 21.5 Å². The van der Waals surface area contributed by atoms with Gasteiger partial charge in [0, 0.05) is 19.2 Å². The third kappa shape index (κ3) is 2.47. The van der Waals surface area contributed by atoms with Crippen LogP contribution in [0.3, 0.4) is 0 Å². The number of carbonyl (C=O) groups excluding carboxylic acids is 1. The van der Waals surface area contributed by atoms with Gasteiger partial charge in [0.2, 0.25) is 5.95 Å². The lowest BCUT2D eigenvalue weighted by Crippen LogP contribution is -2.32. The van der Waals surface area contributed by atoms with Crippen LogP contribution in [0.1, 0.15) is 0 Å². The van der Waals surface area contributed by atoms with Gasteiger partial charge in [0.25, 0.3) is 0 Å². The van der Waals surface area contributed by atoms with Crippen LogP contribution < -0.4 is 16.8 Å². The summed E-state index contributed by atoms with van der Waals surface area (Å²) in [4.78, 5) is 14.7. The second-order valence-corrected chi connectivity index (χ2v) is 4.83. The number of aromatic nitrogens is 2. The van der Waals surface area contributed by atoms with E-state index in [0.29, 0.717) is 27.7 Å². The fraction of sp³-hybridized carbons (Fsp3) is 0.200. The summed E-state index contributed by atoms with van der Waals surface area (Å²) >= 11 is 1.89. The predicted molar refractivity (Wildman–Crippen MR) is 74.4 cm³/mol. The standard InChI is InChI=1S/C10H11FIN5O/c11-5-3-8-7(4-6(5)12)16-9(13)17(8)2-1-15-10(14)18/h3-4H,1-2H2,(H2,13,16)(H3,14,15,18). The Bertz CT molecular complexity index is 612. The molecule has 96 valence electrons. The van der Waals surface area contributed by atoms with E-state index in [1.165, 1.54) is 6.07 Å². The Balaban J connectivity index is 2.34. The molecule has 1 heterocycles. The number of primary amides is 1. The molecule has 2 aromatic rings. The zero-order valence-corrected chi connectivity index (χ0v) is 11.4. The minimum absolute atomic E-state index is 0.276. The van der Waals surface area contributed by atoms with Gasteiger partial charge < -0.3 is 21.4 Å². The third-order valence-electron chi connectivity index (χ3n) is 2.45. The van der Waals surface area contributed by atoms with Crippen molar-refractivity contribution in [1.82, 2.24) is 14.9 Å². The summed E-state index contributed by atoms with van der Waals surface area (Å²) in [5.41, 5.74) is 11.9. The number of amides is 2. The average Bonchev–Trinajstić information content (AvgIpc) is 2.56. The second-order valence-electron chi connectivity index (χ2n) is 3.67. The summed E-state index contributed by atoms with van der Waals surface area (Å²) < 4.78 is 15.6. The predicted octanol–water partition coefficient (Wildman–Crippen LogP) is 1.03. The number of nitrogens with two attached hydrogens (primary N) is 2. The lowest BCUT2D eigenvalue weighted by molar-refractivity contribution is 0.248. The number of halogens is 2. The Morgan fingerprint density at radius 3 is 2.94 bits per heavy atom. The smallest absolute Gasteiger partial charge is 0.312 e. The van der Waals surface area contributed by atoms with Crippen LogP contribution in [0.5, 0.6) is 0 Å². The van der Waals surface area contributed by atoms with E-state index >= 15 is 0 Å². The van der Waals surface area contributed by atoms with Gasteiger partial charge in [-0.15, -0.1) is 0 Å². The molecule has 1 aromatic carbocycles. The summed E-state index contributed by atoms with van der Waals surface area (Å²) in [6.07, 6.45) is 0. The van der Waals surface area contributed by atoms with Gasteiger partial charge >= 0.3 is 6.03 Å². The number of hydrogen-bond donors (Lipinski definition) is 3. The van der Waals surface area contributed by atoms with E-state index in [1.54, 1.807) is 10.6 Å². The van der Waals surface area contributed by atoms with Crippen LogP contribution in [0.2, 0.25) is 0 Å². The van der Waals surface area contributed by atoms with Crippen LogP contribution >= 0.6 is 22.6 Å². The van der Waals surface area contributed by atoms with Crippen LogP contribution in [-0.2, 0) is 6.54 Å². The van der Waals surface area contributed by atoms with E-state index in [9.17, 15) is 9.18 Å². The van der Waals surface area contributed by atoms with E-state index in [1.807, 2.05) is 22.6 Å². The normalized spacial score (nSPS) is 10.8. The molecule has 0 fully saturated rings. The fourth-order valence-corrected chi connectivity index (χ4v) is 2.12. The summed E-state index contributed by atoms with van der Waals surface area (Å²) in [7, 11) is 0. The third-order valence-corrected chi connectivity index (χ3v) is 3.28. The van der Waals surface area contributed by atoms with Crippen molar-refractivity contribution in [2.24, 2.45) is 5.73 Å². The summed E-state index contributed by atoms with van der Waals surface area (Å²) in [5, 5.41) is 2.44. The van der Waals surface area contributed by atoms with Crippen LogP contribution in [-0.4, -0.2) is 22.1 Å². The van der Waals surface area contributed by atoms with Crippen molar-refractivity contribution < 1.29 is 9.18 Å². The SMILES string of the molecule is NC(=O)NCCn1c(N)nc2cc(I)c(F)cc21. The van der Waals surface area contributed by atoms with E-state index in [4.69, 9.17) is 11.5 Å². The van der Waals surface area contributed by atoms with Gasteiger partial charge in [0.1, 0.15) is 5.82 Å². The van der Waals surface area contributed by atoms with E-state index in [2.05, 4.69) is 10.3 Å². The zero-order chi connectivity index (χ0) is 13.3. The number of nitrogens with one attached hydrogen (secondary N) is 1. The Morgan fingerprint density at radius 2 is 2.28 bits per heavy atom. The molecule has 2 amide bonds. The molecule has 0 spiro atoms. The number of anilines is 1. The summed E-state index contributed by atoms with van der Waals surface area (Å²) in [6.45, 7) is 0.684. The van der Waals surface area contributed by atoms with Gasteiger partial charge in [0.15, 0.2) is 0 Å². The van der Waals surface area contributed by atoms with Crippen LogP contribution in [0, 0.1) is 9.39 Å². The largest absolute Gasteiger partial charge is 0.369 e. The average molecular weight is 363 g/mol. The van der Waals surface area contributed by atoms with Crippen LogP contribution in [0.25, 0.3) is 11.0 Å². The number of nitrogens with zero attached hydrogens (tertiary/aromatic N) is 2. The number of fused-ring (bicyclic) bond motifs is 1. The monoisotopic (exact) mass is 363 g/mol. The number of benzene rings is 1. The maximum absolute atomic E-state index is 13.5. The number of rotatable bonds is 3. The molecule has 0 aliphatic rings. The van der Waals surface area contributed by atoms with Gasteiger partial charge in [-0.05, 0) is 28.7 Å². The maximum atomic E-state index is 13.5. The summed E-state index contributed by atoms with van der Waals surface area (Å²) in [6, 6.07) is 2.39. The van der Waals surface area contributed by atoms with Crippen LogP contribution in [0.15, 0.2) is 12.1 Å². The molecule has 1 aromatic heterocycles. The molecular weight excluding hydrogens is 352 g/mol. The van der Waals surface area contributed by atoms with Crippen molar-refractivity contribution in [3.8, 4) is 0 Å². The van der Waals surface area contributed by atoms with Crippen molar-refractivity contribution in [3.63, 3.8) is 0 Å². The highest BCUT2D eigenvalue weighted by atomic mass is 127. The Hall–Kier alpha value is -1.58. The van der Waals surface area contributed by atoms with E-state index < -0.39 is 6.03 Å². The first-order valence-electron chi connectivity index (χ1n) is 5.13. The number of urea groups is 1. The molecule has 8 heteroatoms. The number of imidazole rings is 1. The lowest BCUT2D eigenvalue weighted by atomic mass is 10.3. The Kier molecular flexibility index (Phi) is 3.55. The minimum atomic E-state index is -0.612. The van der Waals surface area contributed by atoms with E-state index in [0.717, 1.165) is 0 Å². The van der Waals surface area contributed by atoms with Gasteiger partial charge in [-0.25, -0.2) is 14.2 Å². The molecule has 0 atom stereocenters. The molecular formula is C10H11FIN5O. The first-order valence-corrected chi connectivity index (χ1v) is 6.21. The van der Waals surface area contributed by atoms with Gasteiger partial charge in [0.05, 0.1) is 14.6 Å². The maximum Gasteiger partial charge on any atom is 0.312 e. The van der Waals surface area contributed by atoms with Crippen molar-refractivity contribution >= 4 is 45.6 Å². The molecule has 0 aliphatic heterocycles. The van der Waals surface area contributed by atoms with Crippen molar-refractivity contribution in [1.29, 1.82) is 0 Å². The first kappa shape index (κ1) is 12.9. The van der Waals surface area contributed by atoms with Crippen molar-refractivity contribution in [2.45, 2.75) is 6.54 Å². The molecule has 0 bridgehead atoms. The molecule has 18 heavy (non-hydrogen) atoms. The molecule has 0 aliphatic carbocycles. The van der Waals surface area contributed by atoms with Crippen molar-refractivity contribution in [2.75, 3.05) is 12.3 Å². The minimum Gasteiger partial charge on any atom is -0.369 e. The second kappa shape index (κ2) is 4.96. The Labute approximate surface area is 116 Å². The number of carbonyl (C=O) groups is 1. The highest BCUT2D eigenvalue weighted by Crippen LogP contribution is 2.22. The molecule has 0 unspecified atom stereocenters. The summed E-state index contributed by atoms with van der Waals surface area (Å²) in [5.74, 6) is -0.0511. The Morgan fingerprint density at radius 1 is 1.56 bits per heavy atom.